The van der Waals surface area contributed by atoms with Crippen LogP contribution in [0.25, 0.3) is 6.08 Å². The molecule has 0 atom stereocenters. The number of nitrogens with zero attached hydrogens (tertiary/aromatic N) is 2. The van der Waals surface area contributed by atoms with Gasteiger partial charge in [0.15, 0.2) is 0 Å². The van der Waals surface area contributed by atoms with Crippen LogP contribution in [0.5, 0.6) is 5.75 Å². The number of benzene rings is 4. The number of ether oxygens (including phenoxy) is 1. The van der Waals surface area contributed by atoms with Crippen LogP contribution in [0.3, 0.4) is 0 Å². The highest BCUT2D eigenvalue weighted by Gasteiger charge is 2.43. The second kappa shape index (κ2) is 11.7. The van der Waals surface area contributed by atoms with Gasteiger partial charge >= 0.3 is 6.03 Å². The maximum atomic E-state index is 13.6. The summed E-state index contributed by atoms with van der Waals surface area (Å²) in [6.07, 6.45) is 1.48. The molecule has 1 saturated heterocycles. The molecule has 0 saturated carbocycles. The molecule has 5 rings (SSSR count). The van der Waals surface area contributed by atoms with Gasteiger partial charge in [0.2, 0.25) is 0 Å². The molecule has 1 aliphatic heterocycles. The molecular formula is C30H19Br3N2O4. The Morgan fingerprint density at radius 1 is 0.667 bits per heavy atom. The van der Waals surface area contributed by atoms with Gasteiger partial charge < -0.3 is 4.74 Å². The molecule has 1 aliphatic rings. The van der Waals surface area contributed by atoms with E-state index in [1.54, 1.807) is 72.8 Å². The standard InChI is InChI=1S/C30H19Br3N2O4/c31-21-13-11-19(12-14-21)18-39-27-25(32)16-20(17-26(27)33)15-24-28(36)34(22-7-3-1-4-8-22)30(38)35(29(24)37)23-9-5-2-6-10-23/h1-17H,18H2. The number of halogens is 3. The van der Waals surface area contributed by atoms with E-state index in [2.05, 4.69) is 47.8 Å². The SMILES string of the molecule is O=C1C(=Cc2cc(Br)c(OCc3ccc(Br)cc3)c(Br)c2)C(=O)N(c2ccccc2)C(=O)N1c1ccccc1. The van der Waals surface area contributed by atoms with Crippen molar-refractivity contribution in [1.29, 1.82) is 0 Å². The van der Waals surface area contributed by atoms with Gasteiger partial charge in [-0.2, -0.15) is 0 Å². The van der Waals surface area contributed by atoms with Crippen molar-refractivity contribution in [2.24, 2.45) is 0 Å². The number of anilines is 2. The Morgan fingerprint density at radius 3 is 1.64 bits per heavy atom. The normalized spacial score (nSPS) is 13.6. The fourth-order valence-corrected chi connectivity index (χ4v) is 5.76. The van der Waals surface area contributed by atoms with Gasteiger partial charge in [0.1, 0.15) is 17.9 Å². The summed E-state index contributed by atoms with van der Waals surface area (Å²) in [4.78, 5) is 42.7. The topological polar surface area (TPSA) is 66.9 Å². The highest BCUT2D eigenvalue weighted by molar-refractivity contribution is 9.11. The van der Waals surface area contributed by atoms with E-state index in [-0.39, 0.29) is 5.57 Å². The monoisotopic (exact) mass is 708 g/mol. The fraction of sp³-hybridized carbons (Fsp3) is 0.0333. The van der Waals surface area contributed by atoms with E-state index in [1.165, 1.54) is 6.08 Å². The van der Waals surface area contributed by atoms with Crippen LogP contribution in [-0.4, -0.2) is 17.8 Å². The first-order valence-electron chi connectivity index (χ1n) is 11.7. The lowest BCUT2D eigenvalue weighted by Gasteiger charge is -2.34. The maximum Gasteiger partial charge on any atom is 0.343 e. The third kappa shape index (κ3) is 5.75. The lowest BCUT2D eigenvalue weighted by molar-refractivity contribution is -0.121. The van der Waals surface area contributed by atoms with Gasteiger partial charge in [-0.25, -0.2) is 14.6 Å². The van der Waals surface area contributed by atoms with Crippen LogP contribution in [0.2, 0.25) is 0 Å². The van der Waals surface area contributed by atoms with Gasteiger partial charge in [-0.15, -0.1) is 0 Å². The molecule has 0 spiro atoms. The van der Waals surface area contributed by atoms with Crippen molar-refractivity contribution < 1.29 is 19.1 Å². The Morgan fingerprint density at radius 2 is 1.15 bits per heavy atom. The zero-order valence-corrected chi connectivity index (χ0v) is 24.9. The van der Waals surface area contributed by atoms with E-state index in [0.29, 0.717) is 38.2 Å². The van der Waals surface area contributed by atoms with Crippen molar-refractivity contribution in [3.8, 4) is 5.75 Å². The van der Waals surface area contributed by atoms with Crippen LogP contribution < -0.4 is 14.5 Å². The first-order chi connectivity index (χ1) is 18.8. The van der Waals surface area contributed by atoms with Gasteiger partial charge in [-0.1, -0.05) is 64.5 Å². The molecule has 0 bridgehead atoms. The van der Waals surface area contributed by atoms with Crippen molar-refractivity contribution in [1.82, 2.24) is 0 Å². The van der Waals surface area contributed by atoms with Crippen LogP contribution in [0.15, 0.2) is 116 Å². The van der Waals surface area contributed by atoms with Crippen molar-refractivity contribution >= 4 is 83.1 Å². The van der Waals surface area contributed by atoms with Gasteiger partial charge in [0.05, 0.1) is 20.3 Å². The van der Waals surface area contributed by atoms with Gasteiger partial charge in [-0.3, -0.25) is 9.59 Å². The highest BCUT2D eigenvalue weighted by atomic mass is 79.9. The number of carbonyl (C=O) groups is 3. The predicted molar refractivity (Wildman–Crippen MR) is 162 cm³/mol. The zero-order valence-electron chi connectivity index (χ0n) is 20.2. The summed E-state index contributed by atoms with van der Waals surface area (Å²) in [6.45, 7) is 0.349. The van der Waals surface area contributed by atoms with E-state index in [4.69, 9.17) is 4.74 Å². The number of urea groups is 1. The Balaban J connectivity index is 1.51. The molecule has 4 aromatic carbocycles. The summed E-state index contributed by atoms with van der Waals surface area (Å²) in [5.74, 6) is -0.828. The lowest BCUT2D eigenvalue weighted by atomic mass is 10.0. The van der Waals surface area contributed by atoms with E-state index >= 15 is 0 Å². The van der Waals surface area contributed by atoms with E-state index in [9.17, 15) is 14.4 Å². The Labute approximate surface area is 250 Å². The molecule has 39 heavy (non-hydrogen) atoms. The lowest BCUT2D eigenvalue weighted by Crippen LogP contribution is -2.57. The number of rotatable bonds is 6. The molecule has 0 N–H and O–H groups in total. The van der Waals surface area contributed by atoms with Crippen LogP contribution >= 0.6 is 47.8 Å². The molecular weight excluding hydrogens is 692 g/mol. The molecule has 194 valence electrons. The summed E-state index contributed by atoms with van der Waals surface area (Å²) in [6, 6.07) is 27.7. The quantitative estimate of drug-likeness (QED) is 0.150. The zero-order chi connectivity index (χ0) is 27.5. The summed E-state index contributed by atoms with van der Waals surface area (Å²) in [5, 5.41) is 0. The van der Waals surface area contributed by atoms with Crippen molar-refractivity contribution in [2.75, 3.05) is 9.80 Å². The smallest absolute Gasteiger partial charge is 0.343 e. The summed E-state index contributed by atoms with van der Waals surface area (Å²) in [5.41, 5.74) is 2.14. The van der Waals surface area contributed by atoms with Crippen molar-refractivity contribution in [3.63, 3.8) is 0 Å². The molecule has 4 amide bonds. The third-order valence-electron chi connectivity index (χ3n) is 5.91. The molecule has 4 aromatic rings. The van der Waals surface area contributed by atoms with E-state index in [0.717, 1.165) is 19.8 Å². The minimum Gasteiger partial charge on any atom is -0.487 e. The first kappa shape index (κ1) is 27.1. The maximum absolute atomic E-state index is 13.6. The summed E-state index contributed by atoms with van der Waals surface area (Å²) in [7, 11) is 0. The molecule has 1 fully saturated rings. The fourth-order valence-electron chi connectivity index (χ4n) is 4.04. The molecule has 6 nitrogen and oxygen atoms in total. The second-order valence-electron chi connectivity index (χ2n) is 8.52. The number of amides is 4. The average molecular weight is 711 g/mol. The molecule has 0 unspecified atom stereocenters. The Kier molecular flexibility index (Phi) is 8.11. The Hall–Kier alpha value is -3.53. The van der Waals surface area contributed by atoms with Crippen LogP contribution in [0.4, 0.5) is 16.2 Å². The minimum atomic E-state index is -0.737. The van der Waals surface area contributed by atoms with Crippen LogP contribution in [0.1, 0.15) is 11.1 Å². The molecule has 0 radical (unpaired) electrons. The summed E-state index contributed by atoms with van der Waals surface area (Å²) < 4.78 is 8.27. The largest absolute Gasteiger partial charge is 0.487 e. The summed E-state index contributed by atoms with van der Waals surface area (Å²) >= 11 is 10.5. The minimum absolute atomic E-state index is 0.148. The van der Waals surface area contributed by atoms with E-state index in [1.807, 2.05) is 24.3 Å². The predicted octanol–water partition coefficient (Wildman–Crippen LogP) is 8.14. The van der Waals surface area contributed by atoms with Crippen LogP contribution in [0, 0.1) is 0 Å². The Bertz CT molecular complexity index is 1500. The first-order valence-corrected chi connectivity index (χ1v) is 14.1. The number of barbiturate groups is 1. The van der Waals surface area contributed by atoms with Crippen molar-refractivity contribution in [2.45, 2.75) is 6.61 Å². The number of hydrogen-bond acceptors (Lipinski definition) is 4. The number of imide groups is 2. The van der Waals surface area contributed by atoms with E-state index < -0.39 is 17.8 Å². The number of hydrogen-bond donors (Lipinski definition) is 0. The second-order valence-corrected chi connectivity index (χ2v) is 11.1. The van der Waals surface area contributed by atoms with Gasteiger partial charge in [0.25, 0.3) is 11.8 Å². The highest BCUT2D eigenvalue weighted by Crippen LogP contribution is 2.37. The average Bonchev–Trinajstić information content (AvgIpc) is 2.93. The molecule has 9 heteroatoms. The van der Waals surface area contributed by atoms with Crippen LogP contribution in [-0.2, 0) is 16.2 Å². The molecule has 0 aromatic heterocycles. The molecule has 1 heterocycles. The number of para-hydroxylation sites is 2. The van der Waals surface area contributed by atoms with Gasteiger partial charge in [0, 0.05) is 4.47 Å². The number of carbonyl (C=O) groups excluding carboxylic acids is 3. The van der Waals surface area contributed by atoms with Crippen molar-refractivity contribution in [3.05, 3.63) is 127 Å². The van der Waals surface area contributed by atoms with Gasteiger partial charge in [-0.05, 0) is 97.6 Å². The molecule has 0 aliphatic carbocycles. The third-order valence-corrected chi connectivity index (χ3v) is 7.61.